The molecular formula is C19H22N2O3S2. The van der Waals surface area contributed by atoms with E-state index in [9.17, 15) is 13.2 Å². The van der Waals surface area contributed by atoms with Crippen LogP contribution in [0.4, 0.5) is 5.69 Å². The highest BCUT2D eigenvalue weighted by Crippen LogP contribution is 2.37. The Morgan fingerprint density at radius 3 is 2.42 bits per heavy atom. The van der Waals surface area contributed by atoms with Crippen LogP contribution in [0.1, 0.15) is 23.7 Å². The van der Waals surface area contributed by atoms with E-state index in [0.717, 1.165) is 21.3 Å². The number of para-hydroxylation sites is 1. The Hall–Kier alpha value is -1.83. The molecule has 3 rings (SSSR count). The Morgan fingerprint density at radius 2 is 1.77 bits per heavy atom. The van der Waals surface area contributed by atoms with E-state index < -0.39 is 10.0 Å². The second kappa shape index (κ2) is 7.42. The molecule has 0 saturated carbocycles. The fourth-order valence-electron chi connectivity index (χ4n) is 2.83. The summed E-state index contributed by atoms with van der Waals surface area (Å²) >= 11 is 1.78. The summed E-state index contributed by atoms with van der Waals surface area (Å²) < 4.78 is 25.5. The molecule has 7 heteroatoms. The number of fused-ring (bicyclic) bond motifs is 1. The lowest BCUT2D eigenvalue weighted by atomic mass is 10.1. The summed E-state index contributed by atoms with van der Waals surface area (Å²) in [5.41, 5.74) is 1.40. The molecule has 0 fully saturated rings. The number of carbonyl (C=O) groups excluding carboxylic acids is 1. The summed E-state index contributed by atoms with van der Waals surface area (Å²) in [4.78, 5) is 16.1. The van der Waals surface area contributed by atoms with E-state index in [1.54, 1.807) is 28.8 Å². The maximum atomic E-state index is 13.1. The van der Waals surface area contributed by atoms with Gasteiger partial charge in [0.1, 0.15) is 0 Å². The number of hydrogen-bond donors (Lipinski definition) is 0. The van der Waals surface area contributed by atoms with Crippen molar-refractivity contribution in [2.75, 3.05) is 25.5 Å². The molecule has 0 spiro atoms. The van der Waals surface area contributed by atoms with E-state index in [1.165, 1.54) is 26.2 Å². The summed E-state index contributed by atoms with van der Waals surface area (Å²) in [6, 6.07) is 14.1. The van der Waals surface area contributed by atoms with Crippen molar-refractivity contribution >= 4 is 33.4 Å². The minimum atomic E-state index is -3.50. The average molecular weight is 391 g/mol. The molecule has 2 aromatic carbocycles. The molecule has 26 heavy (non-hydrogen) atoms. The molecule has 0 radical (unpaired) electrons. The Balaban J connectivity index is 1.92. The number of carbonyl (C=O) groups is 1. The predicted molar refractivity (Wildman–Crippen MR) is 105 cm³/mol. The van der Waals surface area contributed by atoms with Crippen LogP contribution in [0.5, 0.6) is 0 Å². The highest BCUT2D eigenvalue weighted by Gasteiger charge is 2.25. The molecule has 5 nitrogen and oxygen atoms in total. The topological polar surface area (TPSA) is 57.7 Å². The van der Waals surface area contributed by atoms with Gasteiger partial charge in [0, 0.05) is 36.3 Å². The number of benzene rings is 2. The Labute approximate surface area is 159 Å². The van der Waals surface area contributed by atoms with Crippen LogP contribution in [0.15, 0.2) is 58.3 Å². The first kappa shape index (κ1) is 18.9. The number of thioether (sulfide) groups is 1. The van der Waals surface area contributed by atoms with Crippen LogP contribution in [0, 0.1) is 0 Å². The molecule has 1 aliphatic heterocycles. The minimum absolute atomic E-state index is 0.110. The molecule has 1 heterocycles. The lowest BCUT2D eigenvalue weighted by Crippen LogP contribution is -2.32. The molecule has 0 aliphatic carbocycles. The lowest BCUT2D eigenvalue weighted by molar-refractivity contribution is 0.0986. The number of amides is 1. The van der Waals surface area contributed by atoms with Crippen LogP contribution in [-0.2, 0) is 10.0 Å². The van der Waals surface area contributed by atoms with Crippen LogP contribution in [-0.4, -0.2) is 44.5 Å². The second-order valence-electron chi connectivity index (χ2n) is 6.45. The largest absolute Gasteiger partial charge is 0.307 e. The molecule has 0 N–H and O–H groups in total. The minimum Gasteiger partial charge on any atom is -0.307 e. The van der Waals surface area contributed by atoms with Gasteiger partial charge in [0.2, 0.25) is 10.0 Å². The van der Waals surface area contributed by atoms with Gasteiger partial charge in [-0.05, 0) is 42.8 Å². The summed E-state index contributed by atoms with van der Waals surface area (Å²) in [5.74, 6) is -0.110. The van der Waals surface area contributed by atoms with Crippen molar-refractivity contribution in [2.45, 2.75) is 28.4 Å². The number of nitrogens with zero attached hydrogens (tertiary/aromatic N) is 2. The molecular weight excluding hydrogens is 368 g/mol. The van der Waals surface area contributed by atoms with Gasteiger partial charge in [-0.3, -0.25) is 4.79 Å². The second-order valence-corrected chi connectivity index (χ2v) is 10.1. The first-order valence-corrected chi connectivity index (χ1v) is 10.7. The van der Waals surface area contributed by atoms with Gasteiger partial charge < -0.3 is 4.90 Å². The Morgan fingerprint density at radius 1 is 1.12 bits per heavy atom. The zero-order valence-corrected chi connectivity index (χ0v) is 16.7. The van der Waals surface area contributed by atoms with Gasteiger partial charge >= 0.3 is 0 Å². The Kier molecular flexibility index (Phi) is 5.41. The predicted octanol–water partition coefficient (Wildman–Crippen LogP) is 3.47. The van der Waals surface area contributed by atoms with Crippen LogP contribution in [0.25, 0.3) is 0 Å². The van der Waals surface area contributed by atoms with Gasteiger partial charge in [0.25, 0.3) is 5.91 Å². The highest BCUT2D eigenvalue weighted by atomic mass is 32.2. The van der Waals surface area contributed by atoms with Crippen molar-refractivity contribution in [3.05, 3.63) is 54.1 Å². The molecule has 0 aromatic heterocycles. The molecule has 138 valence electrons. The monoisotopic (exact) mass is 390 g/mol. The zero-order valence-electron chi connectivity index (χ0n) is 15.0. The molecule has 1 aliphatic rings. The molecule has 0 bridgehead atoms. The Bertz CT molecular complexity index is 909. The standard InChI is InChI=1S/C19H22N2O3S2/c1-14-12-13-21(17-6-4-5-7-18(17)25-14)19(22)15-8-10-16(11-9-15)26(23,24)20(2)3/h4-11,14H,12-13H2,1-3H3. The van der Waals surface area contributed by atoms with Gasteiger partial charge in [0.15, 0.2) is 0 Å². The van der Waals surface area contributed by atoms with Gasteiger partial charge in [0.05, 0.1) is 10.6 Å². The first-order valence-electron chi connectivity index (χ1n) is 8.41. The smallest absolute Gasteiger partial charge is 0.258 e. The number of hydrogen-bond acceptors (Lipinski definition) is 4. The van der Waals surface area contributed by atoms with Crippen molar-refractivity contribution in [1.29, 1.82) is 0 Å². The van der Waals surface area contributed by atoms with Crippen LogP contribution in [0.2, 0.25) is 0 Å². The van der Waals surface area contributed by atoms with E-state index in [1.807, 2.05) is 24.3 Å². The normalized spacial score (nSPS) is 17.7. The third-order valence-corrected chi connectivity index (χ3v) is 7.43. The highest BCUT2D eigenvalue weighted by molar-refractivity contribution is 8.00. The van der Waals surface area contributed by atoms with Gasteiger partial charge in [-0.25, -0.2) is 12.7 Å². The van der Waals surface area contributed by atoms with E-state index >= 15 is 0 Å². The van der Waals surface area contributed by atoms with Gasteiger partial charge in [-0.2, -0.15) is 0 Å². The van der Waals surface area contributed by atoms with E-state index in [-0.39, 0.29) is 10.8 Å². The zero-order chi connectivity index (χ0) is 18.9. The van der Waals surface area contributed by atoms with Crippen molar-refractivity contribution < 1.29 is 13.2 Å². The van der Waals surface area contributed by atoms with Crippen molar-refractivity contribution in [3.8, 4) is 0 Å². The maximum absolute atomic E-state index is 13.1. The summed E-state index contributed by atoms with van der Waals surface area (Å²) in [6.07, 6.45) is 0.901. The number of sulfonamides is 1. The average Bonchev–Trinajstić information content (AvgIpc) is 2.79. The number of rotatable bonds is 3. The SMILES string of the molecule is CC1CCN(C(=O)c2ccc(S(=O)(=O)N(C)C)cc2)c2ccccc2S1. The van der Waals surface area contributed by atoms with Crippen LogP contribution < -0.4 is 4.90 Å². The molecule has 0 saturated heterocycles. The van der Waals surface area contributed by atoms with E-state index in [2.05, 4.69) is 6.92 Å². The van der Waals surface area contributed by atoms with Crippen molar-refractivity contribution in [1.82, 2.24) is 4.31 Å². The third-order valence-electron chi connectivity index (χ3n) is 4.37. The molecule has 1 atom stereocenters. The van der Waals surface area contributed by atoms with Gasteiger partial charge in [-0.1, -0.05) is 19.1 Å². The maximum Gasteiger partial charge on any atom is 0.258 e. The molecule has 1 amide bonds. The first-order chi connectivity index (χ1) is 12.3. The van der Waals surface area contributed by atoms with Crippen LogP contribution in [0.3, 0.4) is 0 Å². The summed E-state index contributed by atoms with van der Waals surface area (Å²) in [6.45, 7) is 2.80. The van der Waals surface area contributed by atoms with Crippen molar-refractivity contribution in [3.63, 3.8) is 0 Å². The third kappa shape index (κ3) is 3.65. The van der Waals surface area contributed by atoms with Crippen molar-refractivity contribution in [2.24, 2.45) is 0 Å². The van der Waals surface area contributed by atoms with Crippen LogP contribution >= 0.6 is 11.8 Å². The van der Waals surface area contributed by atoms with E-state index in [4.69, 9.17) is 0 Å². The fraction of sp³-hybridized carbons (Fsp3) is 0.316. The molecule has 1 unspecified atom stereocenters. The van der Waals surface area contributed by atoms with Gasteiger partial charge in [-0.15, -0.1) is 11.8 Å². The number of anilines is 1. The lowest BCUT2D eigenvalue weighted by Gasteiger charge is -2.22. The quantitative estimate of drug-likeness (QED) is 0.805. The van der Waals surface area contributed by atoms with E-state index in [0.29, 0.717) is 17.4 Å². The summed E-state index contributed by atoms with van der Waals surface area (Å²) in [7, 11) is -0.526. The summed E-state index contributed by atoms with van der Waals surface area (Å²) in [5, 5.41) is 0.432. The molecule has 2 aromatic rings. The fourth-order valence-corrected chi connectivity index (χ4v) is 4.85.